The lowest BCUT2D eigenvalue weighted by molar-refractivity contribution is 0.0950. The van der Waals surface area contributed by atoms with Crippen LogP contribution in [0.5, 0.6) is 0 Å². The van der Waals surface area contributed by atoms with Crippen LogP contribution in [0.3, 0.4) is 0 Å². The van der Waals surface area contributed by atoms with E-state index in [1.54, 1.807) is 11.3 Å². The molecule has 0 bridgehead atoms. The Balaban J connectivity index is 2.05. The Morgan fingerprint density at radius 1 is 1.33 bits per heavy atom. The van der Waals surface area contributed by atoms with Crippen LogP contribution in [0, 0.1) is 3.57 Å². The third-order valence-electron chi connectivity index (χ3n) is 2.22. The fourth-order valence-electron chi connectivity index (χ4n) is 1.38. The molecule has 18 heavy (non-hydrogen) atoms. The van der Waals surface area contributed by atoms with Crippen molar-refractivity contribution in [1.29, 1.82) is 0 Å². The smallest absolute Gasteiger partial charge is 0.252 e. The minimum absolute atomic E-state index is 0.0649. The lowest BCUT2D eigenvalue weighted by Gasteiger charge is -2.06. The summed E-state index contributed by atoms with van der Waals surface area (Å²) >= 11 is 10.6. The van der Waals surface area contributed by atoms with E-state index in [0.717, 1.165) is 17.4 Å². The molecule has 0 aliphatic heterocycles. The normalized spacial score (nSPS) is 10.4. The zero-order valence-corrected chi connectivity index (χ0v) is 15.2. The monoisotopic (exact) mass is 499 g/mol. The van der Waals surface area contributed by atoms with Gasteiger partial charge in [-0.3, -0.25) is 4.79 Å². The van der Waals surface area contributed by atoms with Crippen LogP contribution in [-0.4, -0.2) is 5.91 Å². The van der Waals surface area contributed by atoms with E-state index >= 15 is 0 Å². The molecule has 0 unspecified atom stereocenters. The van der Waals surface area contributed by atoms with Crippen molar-refractivity contribution in [2.24, 2.45) is 0 Å². The van der Waals surface area contributed by atoms with Crippen molar-refractivity contribution in [3.8, 4) is 0 Å². The fourth-order valence-corrected chi connectivity index (χ4v) is 3.69. The summed E-state index contributed by atoms with van der Waals surface area (Å²) in [4.78, 5) is 13.2. The van der Waals surface area contributed by atoms with Crippen LogP contribution in [0.25, 0.3) is 0 Å². The highest BCUT2D eigenvalue weighted by Crippen LogP contribution is 2.21. The van der Waals surface area contributed by atoms with E-state index in [1.807, 2.05) is 29.6 Å². The van der Waals surface area contributed by atoms with E-state index in [4.69, 9.17) is 0 Å². The highest BCUT2D eigenvalue weighted by atomic mass is 127. The third-order valence-corrected chi connectivity index (χ3v) is 5.28. The molecule has 6 heteroatoms. The average molecular weight is 501 g/mol. The molecule has 0 aliphatic rings. The van der Waals surface area contributed by atoms with Crippen molar-refractivity contribution in [3.63, 3.8) is 0 Å². The largest absolute Gasteiger partial charge is 0.347 e. The Labute approximate surface area is 140 Å². The Bertz CT molecular complexity index is 585. The average Bonchev–Trinajstić information content (AvgIpc) is 2.75. The molecular weight excluding hydrogens is 493 g/mol. The van der Waals surface area contributed by atoms with Gasteiger partial charge in [0.15, 0.2) is 0 Å². The first-order valence-electron chi connectivity index (χ1n) is 5.02. The van der Waals surface area contributed by atoms with E-state index < -0.39 is 0 Å². The number of nitrogens with one attached hydrogen (secondary N) is 1. The topological polar surface area (TPSA) is 29.1 Å². The van der Waals surface area contributed by atoms with Gasteiger partial charge in [0.2, 0.25) is 0 Å². The molecule has 1 aromatic heterocycles. The molecular formula is C12H8Br2INOS. The minimum atomic E-state index is -0.0649. The van der Waals surface area contributed by atoms with Crippen LogP contribution in [0.4, 0.5) is 0 Å². The summed E-state index contributed by atoms with van der Waals surface area (Å²) < 4.78 is 2.90. The van der Waals surface area contributed by atoms with Crippen molar-refractivity contribution in [2.45, 2.75) is 6.54 Å². The highest BCUT2D eigenvalue weighted by molar-refractivity contribution is 14.1. The molecule has 0 radical (unpaired) electrons. The summed E-state index contributed by atoms with van der Waals surface area (Å²) in [5.74, 6) is -0.0649. The van der Waals surface area contributed by atoms with Crippen molar-refractivity contribution in [3.05, 3.63) is 52.6 Å². The molecule has 2 nitrogen and oxygen atoms in total. The zero-order chi connectivity index (χ0) is 13.1. The second kappa shape index (κ2) is 6.49. The van der Waals surface area contributed by atoms with Crippen molar-refractivity contribution < 1.29 is 4.79 Å². The van der Waals surface area contributed by atoms with Gasteiger partial charge < -0.3 is 5.32 Å². The number of hydrogen-bond donors (Lipinski definition) is 1. The first-order chi connectivity index (χ1) is 8.56. The van der Waals surface area contributed by atoms with Crippen molar-refractivity contribution >= 4 is 71.7 Å². The third kappa shape index (κ3) is 3.79. The molecule has 1 aromatic carbocycles. The number of benzene rings is 1. The van der Waals surface area contributed by atoms with Crippen LogP contribution in [0.2, 0.25) is 0 Å². The Morgan fingerprint density at radius 3 is 2.78 bits per heavy atom. The molecule has 0 saturated carbocycles. The van der Waals surface area contributed by atoms with Crippen LogP contribution in [0.15, 0.2) is 38.6 Å². The summed E-state index contributed by atoms with van der Waals surface area (Å²) in [7, 11) is 0. The molecule has 0 spiro atoms. The van der Waals surface area contributed by atoms with Gasteiger partial charge >= 0.3 is 0 Å². The standard InChI is InChI=1S/C12H8Br2INOS/c13-7-3-9(18-6-7)5-16-12(17)10-4-8(15)1-2-11(10)14/h1-4,6H,5H2,(H,16,17). The van der Waals surface area contributed by atoms with Gasteiger partial charge in [0.1, 0.15) is 0 Å². The number of hydrogen-bond acceptors (Lipinski definition) is 2. The van der Waals surface area contributed by atoms with E-state index in [2.05, 4.69) is 59.8 Å². The Morgan fingerprint density at radius 2 is 2.11 bits per heavy atom. The summed E-state index contributed by atoms with van der Waals surface area (Å²) in [5, 5.41) is 4.92. The minimum Gasteiger partial charge on any atom is -0.347 e. The van der Waals surface area contributed by atoms with Gasteiger partial charge in [-0.25, -0.2) is 0 Å². The quantitative estimate of drug-likeness (QED) is 0.602. The maximum atomic E-state index is 12.0. The van der Waals surface area contributed by atoms with Crippen LogP contribution < -0.4 is 5.32 Å². The second-order valence-corrected chi connectivity index (χ2v) is 7.55. The molecule has 1 N–H and O–H groups in total. The lowest BCUT2D eigenvalue weighted by atomic mass is 10.2. The Hall–Kier alpha value is 0.0800. The van der Waals surface area contributed by atoms with Crippen LogP contribution in [0.1, 0.15) is 15.2 Å². The maximum Gasteiger partial charge on any atom is 0.252 e. The molecule has 1 amide bonds. The molecule has 0 saturated heterocycles. The number of carbonyl (C=O) groups is 1. The van der Waals surface area contributed by atoms with Crippen LogP contribution in [-0.2, 0) is 6.54 Å². The number of thiophene rings is 1. The van der Waals surface area contributed by atoms with E-state index in [1.165, 1.54) is 0 Å². The summed E-state index contributed by atoms with van der Waals surface area (Å²) in [6, 6.07) is 7.72. The molecule has 2 aromatic rings. The van der Waals surface area contributed by atoms with E-state index in [-0.39, 0.29) is 5.91 Å². The molecule has 0 fully saturated rings. The molecule has 0 atom stereocenters. The SMILES string of the molecule is O=C(NCc1cc(Br)cs1)c1cc(I)ccc1Br. The van der Waals surface area contributed by atoms with Gasteiger partial charge in [-0.1, -0.05) is 0 Å². The van der Waals surface area contributed by atoms with Gasteiger partial charge in [-0.05, 0) is 78.7 Å². The Kier molecular flexibility index (Phi) is 5.23. The van der Waals surface area contributed by atoms with Gasteiger partial charge in [0, 0.05) is 22.8 Å². The first-order valence-corrected chi connectivity index (χ1v) is 8.57. The van der Waals surface area contributed by atoms with Crippen LogP contribution >= 0.6 is 65.8 Å². The van der Waals surface area contributed by atoms with Crippen molar-refractivity contribution in [1.82, 2.24) is 5.32 Å². The number of halogens is 3. The number of amides is 1. The number of carbonyl (C=O) groups excluding carboxylic acids is 1. The lowest BCUT2D eigenvalue weighted by Crippen LogP contribution is -2.22. The predicted octanol–water partition coefficient (Wildman–Crippen LogP) is 4.81. The molecule has 2 rings (SSSR count). The zero-order valence-electron chi connectivity index (χ0n) is 9.04. The molecule has 1 heterocycles. The predicted molar refractivity (Wildman–Crippen MR) is 90.0 cm³/mol. The maximum absolute atomic E-state index is 12.0. The molecule has 94 valence electrons. The summed E-state index contributed by atoms with van der Waals surface area (Å²) in [6.07, 6.45) is 0. The van der Waals surface area contributed by atoms with Gasteiger partial charge in [0.05, 0.1) is 12.1 Å². The highest BCUT2D eigenvalue weighted by Gasteiger charge is 2.10. The second-order valence-electron chi connectivity index (χ2n) is 3.54. The molecule has 0 aliphatic carbocycles. The fraction of sp³-hybridized carbons (Fsp3) is 0.0833. The van der Waals surface area contributed by atoms with E-state index in [0.29, 0.717) is 12.1 Å². The summed E-state index contributed by atoms with van der Waals surface area (Å²) in [5.41, 5.74) is 0.664. The van der Waals surface area contributed by atoms with Gasteiger partial charge in [0.25, 0.3) is 5.91 Å². The van der Waals surface area contributed by atoms with E-state index in [9.17, 15) is 4.79 Å². The van der Waals surface area contributed by atoms with Gasteiger partial charge in [-0.15, -0.1) is 11.3 Å². The number of rotatable bonds is 3. The summed E-state index contributed by atoms with van der Waals surface area (Å²) in [6.45, 7) is 0.549. The van der Waals surface area contributed by atoms with Crippen molar-refractivity contribution in [2.75, 3.05) is 0 Å². The first kappa shape index (κ1) is 14.5. The van der Waals surface area contributed by atoms with Gasteiger partial charge in [-0.2, -0.15) is 0 Å².